The van der Waals surface area contributed by atoms with Crippen LogP contribution in [0.4, 0.5) is 0 Å². The lowest BCUT2D eigenvalue weighted by atomic mass is 10.1. The van der Waals surface area contributed by atoms with E-state index in [2.05, 4.69) is 19.1 Å². The Morgan fingerprint density at radius 3 is 1.63 bits per heavy atom. The van der Waals surface area contributed by atoms with Crippen molar-refractivity contribution < 1.29 is 30.0 Å². The largest absolute Gasteiger partial charge is 0.476 e. The number of aliphatic hydroxyl groups excluding tert-OH is 3. The van der Waals surface area contributed by atoms with Gasteiger partial charge in [0.15, 0.2) is 0 Å². The van der Waals surface area contributed by atoms with E-state index in [1.807, 2.05) is 0 Å². The first-order valence-electron chi connectivity index (χ1n) is 10.3. The molecule has 0 radical (unpaired) electrons. The molecule has 0 amide bonds. The number of carboxylic acid groups (broad SMARTS) is 1. The Balaban J connectivity index is 0. The van der Waals surface area contributed by atoms with Gasteiger partial charge < -0.3 is 20.4 Å². The molecular formula is C21H40O6. The number of hydrogen-bond acceptors (Lipinski definition) is 5. The fourth-order valence-electron chi connectivity index (χ4n) is 2.34. The fourth-order valence-corrected chi connectivity index (χ4v) is 2.34. The van der Waals surface area contributed by atoms with Gasteiger partial charge in [0.05, 0.1) is 13.2 Å². The average molecular weight is 389 g/mol. The molecule has 27 heavy (non-hydrogen) atoms. The minimum atomic E-state index is -1.30. The number of unbranched alkanes of at least 4 members (excludes halogenated alkanes) is 10. The Kier molecular flexibility index (Phi) is 23.6. The van der Waals surface area contributed by atoms with Crippen LogP contribution in [-0.2, 0) is 9.59 Å². The van der Waals surface area contributed by atoms with Crippen LogP contribution in [0.5, 0.6) is 0 Å². The standard InChI is InChI=1S/C18H32O3.C3H8O3/c1-2-3-4-5-6-7-8-9-10-11-12-13-14-15-16-17(19)18(20)21;4-1-3(6)2-5/h9-10H,2-8,11-16H2,1H3,(H,20,21);3-6H,1-2H2/b10-9-;. The van der Waals surface area contributed by atoms with Crippen molar-refractivity contribution in [2.24, 2.45) is 0 Å². The second kappa shape index (κ2) is 22.8. The van der Waals surface area contributed by atoms with Gasteiger partial charge in [-0.25, -0.2) is 4.79 Å². The summed E-state index contributed by atoms with van der Waals surface area (Å²) in [7, 11) is 0. The highest BCUT2D eigenvalue weighted by molar-refractivity contribution is 6.32. The Bertz CT molecular complexity index is 364. The number of hydrogen-bond donors (Lipinski definition) is 4. The van der Waals surface area contributed by atoms with Crippen LogP contribution in [0.15, 0.2) is 12.2 Å². The summed E-state index contributed by atoms with van der Waals surface area (Å²) in [6.07, 6.45) is 18.0. The zero-order valence-electron chi connectivity index (χ0n) is 16.9. The average Bonchev–Trinajstić information content (AvgIpc) is 2.67. The van der Waals surface area contributed by atoms with E-state index in [9.17, 15) is 9.59 Å². The van der Waals surface area contributed by atoms with Crippen molar-refractivity contribution in [3.05, 3.63) is 12.2 Å². The van der Waals surface area contributed by atoms with E-state index in [-0.39, 0.29) is 19.6 Å². The maximum absolute atomic E-state index is 10.9. The number of allylic oxidation sites excluding steroid dienone is 2. The molecule has 0 aromatic rings. The van der Waals surface area contributed by atoms with Gasteiger partial charge in [0.1, 0.15) is 6.10 Å². The van der Waals surface area contributed by atoms with Gasteiger partial charge in [-0.2, -0.15) is 0 Å². The molecule has 0 heterocycles. The predicted molar refractivity (Wildman–Crippen MR) is 108 cm³/mol. The Morgan fingerprint density at radius 2 is 1.22 bits per heavy atom. The van der Waals surface area contributed by atoms with Crippen molar-refractivity contribution in [1.82, 2.24) is 0 Å². The van der Waals surface area contributed by atoms with Gasteiger partial charge >= 0.3 is 5.97 Å². The van der Waals surface area contributed by atoms with E-state index in [4.69, 9.17) is 20.4 Å². The second-order valence-electron chi connectivity index (χ2n) is 6.73. The third-order valence-corrected chi connectivity index (χ3v) is 4.08. The van der Waals surface area contributed by atoms with E-state index in [0.717, 1.165) is 25.7 Å². The fraction of sp³-hybridized carbons (Fsp3) is 0.810. The summed E-state index contributed by atoms with van der Waals surface area (Å²) < 4.78 is 0. The van der Waals surface area contributed by atoms with E-state index in [1.54, 1.807) is 0 Å². The second-order valence-corrected chi connectivity index (χ2v) is 6.73. The molecule has 0 fully saturated rings. The molecule has 4 N–H and O–H groups in total. The molecule has 160 valence electrons. The number of carbonyl (C=O) groups is 2. The normalized spacial score (nSPS) is 10.9. The lowest BCUT2D eigenvalue weighted by Gasteiger charge is -1.99. The highest BCUT2D eigenvalue weighted by Crippen LogP contribution is 2.09. The number of Topliss-reactive ketones (excluding diaryl/α,β-unsaturated/α-hetero) is 1. The molecule has 0 aliphatic heterocycles. The number of aliphatic carboxylic acids is 1. The molecule has 0 bridgehead atoms. The Morgan fingerprint density at radius 1 is 0.778 bits per heavy atom. The van der Waals surface area contributed by atoms with Crippen LogP contribution in [0.2, 0.25) is 0 Å². The molecule has 0 unspecified atom stereocenters. The summed E-state index contributed by atoms with van der Waals surface area (Å²) in [5.41, 5.74) is 0. The van der Waals surface area contributed by atoms with Crippen LogP contribution in [0.25, 0.3) is 0 Å². The molecule has 0 saturated heterocycles. The monoisotopic (exact) mass is 388 g/mol. The van der Waals surface area contributed by atoms with Crippen LogP contribution in [0.3, 0.4) is 0 Å². The molecule has 6 nitrogen and oxygen atoms in total. The maximum atomic E-state index is 10.9. The van der Waals surface area contributed by atoms with E-state index in [0.29, 0.717) is 6.42 Å². The third kappa shape index (κ3) is 24.8. The van der Waals surface area contributed by atoms with E-state index in [1.165, 1.54) is 44.9 Å². The minimum absolute atomic E-state index is 0.184. The van der Waals surface area contributed by atoms with Crippen LogP contribution < -0.4 is 0 Å². The topological polar surface area (TPSA) is 115 Å². The van der Waals surface area contributed by atoms with Crippen molar-refractivity contribution in [2.75, 3.05) is 13.2 Å². The van der Waals surface area contributed by atoms with E-state index < -0.39 is 17.9 Å². The number of rotatable bonds is 17. The van der Waals surface area contributed by atoms with Gasteiger partial charge in [-0.05, 0) is 32.1 Å². The van der Waals surface area contributed by atoms with Crippen molar-refractivity contribution in [1.29, 1.82) is 0 Å². The number of aliphatic hydroxyl groups is 3. The molecule has 0 spiro atoms. The van der Waals surface area contributed by atoms with Crippen LogP contribution in [0, 0.1) is 0 Å². The molecular weight excluding hydrogens is 348 g/mol. The van der Waals surface area contributed by atoms with Gasteiger partial charge in [-0.3, -0.25) is 4.79 Å². The first-order valence-corrected chi connectivity index (χ1v) is 10.3. The quantitative estimate of drug-likeness (QED) is 0.172. The lowest BCUT2D eigenvalue weighted by Crippen LogP contribution is -2.15. The lowest BCUT2D eigenvalue weighted by molar-refractivity contribution is -0.149. The van der Waals surface area contributed by atoms with E-state index >= 15 is 0 Å². The first kappa shape index (κ1) is 28.0. The van der Waals surface area contributed by atoms with Gasteiger partial charge in [0.2, 0.25) is 5.78 Å². The van der Waals surface area contributed by atoms with Gasteiger partial charge in [-0.1, -0.05) is 64.0 Å². The molecule has 6 heteroatoms. The number of carboxylic acids is 1. The highest BCUT2D eigenvalue weighted by Gasteiger charge is 2.09. The summed E-state index contributed by atoms with van der Waals surface area (Å²) in [4.78, 5) is 21.2. The first-order chi connectivity index (χ1) is 13.0. The van der Waals surface area contributed by atoms with Gasteiger partial charge in [-0.15, -0.1) is 0 Å². The summed E-state index contributed by atoms with van der Waals surface area (Å²) in [5.74, 6) is -1.96. The molecule has 0 atom stereocenters. The Hall–Kier alpha value is -1.24. The van der Waals surface area contributed by atoms with Crippen molar-refractivity contribution in [3.63, 3.8) is 0 Å². The number of ketones is 1. The zero-order valence-corrected chi connectivity index (χ0v) is 16.9. The summed E-state index contributed by atoms with van der Waals surface area (Å²) in [6.45, 7) is 1.51. The molecule has 0 rings (SSSR count). The predicted octanol–water partition coefficient (Wildman–Crippen LogP) is 3.62. The molecule has 0 aromatic carbocycles. The molecule has 0 aliphatic rings. The van der Waals surface area contributed by atoms with Crippen LogP contribution in [-0.4, -0.2) is 51.5 Å². The maximum Gasteiger partial charge on any atom is 0.372 e. The summed E-state index contributed by atoms with van der Waals surface area (Å²) in [5, 5.41) is 32.4. The van der Waals surface area contributed by atoms with Gasteiger partial charge in [0.25, 0.3) is 0 Å². The van der Waals surface area contributed by atoms with Crippen LogP contribution >= 0.6 is 0 Å². The smallest absolute Gasteiger partial charge is 0.372 e. The highest BCUT2D eigenvalue weighted by atomic mass is 16.4. The SMILES string of the molecule is CCCCCCCC/C=C\CCCCCCC(=O)C(=O)O.OCC(O)CO. The van der Waals surface area contributed by atoms with Crippen molar-refractivity contribution >= 4 is 11.8 Å². The van der Waals surface area contributed by atoms with Crippen molar-refractivity contribution in [2.45, 2.75) is 96.5 Å². The minimum Gasteiger partial charge on any atom is -0.476 e. The van der Waals surface area contributed by atoms with Gasteiger partial charge in [0, 0.05) is 6.42 Å². The molecule has 0 aromatic heterocycles. The van der Waals surface area contributed by atoms with Crippen molar-refractivity contribution in [3.8, 4) is 0 Å². The van der Waals surface area contributed by atoms with Crippen LogP contribution in [0.1, 0.15) is 90.4 Å². The number of carbonyl (C=O) groups excluding carboxylic acids is 1. The molecule has 0 aliphatic carbocycles. The summed E-state index contributed by atoms with van der Waals surface area (Å²) >= 11 is 0. The zero-order chi connectivity index (χ0) is 20.8. The summed E-state index contributed by atoms with van der Waals surface area (Å²) in [6, 6.07) is 0. The third-order valence-electron chi connectivity index (χ3n) is 4.08. The Labute approximate surface area is 164 Å². The molecule has 0 saturated carbocycles.